The maximum Gasteiger partial charge on any atom is 0.119 e. The number of rotatable bonds is 4. The molecule has 5 rings (SSSR count). The molecule has 0 saturated carbocycles. The monoisotopic (exact) mass is 385 g/mol. The van der Waals surface area contributed by atoms with Gasteiger partial charge in [0.15, 0.2) is 0 Å². The second kappa shape index (κ2) is 6.73. The fourth-order valence-electron chi connectivity index (χ4n) is 3.73. The molecule has 0 aliphatic carbocycles. The molecule has 2 heterocycles. The molecule has 0 radical (unpaired) electrons. The van der Waals surface area contributed by atoms with Crippen molar-refractivity contribution in [3.63, 3.8) is 0 Å². The molecule has 0 bridgehead atoms. The van der Waals surface area contributed by atoms with Crippen LogP contribution in [0.3, 0.4) is 0 Å². The summed E-state index contributed by atoms with van der Waals surface area (Å²) in [6, 6.07) is 25.4. The van der Waals surface area contributed by atoms with Crippen LogP contribution in [0.4, 0.5) is 0 Å². The van der Waals surface area contributed by atoms with Crippen molar-refractivity contribution in [3.05, 3.63) is 78.2 Å². The minimum absolute atomic E-state index is 0.849. The molecule has 0 unspecified atom stereocenters. The molecule has 4 heteroatoms. The van der Waals surface area contributed by atoms with E-state index < -0.39 is 0 Å². The van der Waals surface area contributed by atoms with Gasteiger partial charge in [0.25, 0.3) is 0 Å². The number of nitrogens with zero attached hydrogens (tertiary/aromatic N) is 1. The predicted molar refractivity (Wildman–Crippen MR) is 117 cm³/mol. The van der Waals surface area contributed by atoms with E-state index in [2.05, 4.69) is 70.6 Å². The van der Waals surface area contributed by atoms with Gasteiger partial charge < -0.3 is 14.0 Å². The summed E-state index contributed by atoms with van der Waals surface area (Å²) < 4.78 is 13.2. The molecule has 28 heavy (non-hydrogen) atoms. The van der Waals surface area contributed by atoms with Crippen molar-refractivity contribution in [2.24, 2.45) is 0 Å². The molecule has 5 aromatic rings. The summed E-state index contributed by atoms with van der Waals surface area (Å²) in [5.74, 6) is 1.70. The summed E-state index contributed by atoms with van der Waals surface area (Å²) >= 11 is 1.76. The predicted octanol–water partition coefficient (Wildman–Crippen LogP) is 6.53. The van der Waals surface area contributed by atoms with E-state index in [9.17, 15) is 0 Å². The number of benzene rings is 3. The van der Waals surface area contributed by atoms with Crippen LogP contribution in [0, 0.1) is 0 Å². The lowest BCUT2D eigenvalue weighted by Gasteiger charge is -2.09. The molecule has 3 aromatic carbocycles. The van der Waals surface area contributed by atoms with Gasteiger partial charge in [0.1, 0.15) is 11.5 Å². The van der Waals surface area contributed by atoms with Crippen LogP contribution in [0.1, 0.15) is 0 Å². The number of fused-ring (bicyclic) bond motifs is 3. The van der Waals surface area contributed by atoms with Crippen LogP contribution in [0.2, 0.25) is 0 Å². The zero-order valence-electron chi connectivity index (χ0n) is 15.7. The van der Waals surface area contributed by atoms with E-state index in [4.69, 9.17) is 9.47 Å². The Morgan fingerprint density at radius 2 is 1.32 bits per heavy atom. The third kappa shape index (κ3) is 2.65. The first-order valence-electron chi connectivity index (χ1n) is 9.09. The third-order valence-electron chi connectivity index (χ3n) is 5.11. The van der Waals surface area contributed by atoms with Gasteiger partial charge in [-0.05, 0) is 65.5 Å². The molecule has 3 nitrogen and oxygen atoms in total. The van der Waals surface area contributed by atoms with Crippen LogP contribution in [0.25, 0.3) is 37.9 Å². The lowest BCUT2D eigenvalue weighted by molar-refractivity contribution is 0.415. The fourth-order valence-corrected chi connectivity index (χ4v) is 4.46. The second-order valence-corrected chi connectivity index (χ2v) is 7.57. The third-order valence-corrected chi connectivity index (χ3v) is 6.03. The average Bonchev–Trinajstić information content (AvgIpc) is 3.39. The van der Waals surface area contributed by atoms with Gasteiger partial charge in [0.05, 0.1) is 25.3 Å². The Labute approximate surface area is 167 Å². The molecule has 0 aliphatic heterocycles. The molecular formula is C24H19NO2S. The Balaban J connectivity index is 1.75. The van der Waals surface area contributed by atoms with Crippen molar-refractivity contribution in [2.75, 3.05) is 14.2 Å². The van der Waals surface area contributed by atoms with Gasteiger partial charge in [-0.25, -0.2) is 0 Å². The Morgan fingerprint density at radius 3 is 1.82 bits per heavy atom. The first-order chi connectivity index (χ1) is 13.8. The normalized spacial score (nSPS) is 11.2. The highest BCUT2D eigenvalue weighted by atomic mass is 32.1. The van der Waals surface area contributed by atoms with Crippen LogP contribution in [-0.2, 0) is 0 Å². The van der Waals surface area contributed by atoms with E-state index in [1.54, 1.807) is 25.6 Å². The van der Waals surface area contributed by atoms with Crippen molar-refractivity contribution >= 4 is 33.1 Å². The van der Waals surface area contributed by atoms with E-state index in [-0.39, 0.29) is 0 Å². The summed E-state index contributed by atoms with van der Waals surface area (Å²) in [4.78, 5) is 1.28. The van der Waals surface area contributed by atoms with Gasteiger partial charge >= 0.3 is 0 Å². The number of hydrogen-bond acceptors (Lipinski definition) is 3. The number of methoxy groups -OCH3 is 2. The van der Waals surface area contributed by atoms with Gasteiger partial charge in [0, 0.05) is 21.3 Å². The van der Waals surface area contributed by atoms with Crippen molar-refractivity contribution in [2.45, 2.75) is 0 Å². The van der Waals surface area contributed by atoms with Gasteiger partial charge in [-0.2, -0.15) is 0 Å². The minimum atomic E-state index is 0.849. The molecule has 2 aromatic heterocycles. The minimum Gasteiger partial charge on any atom is -0.497 e. The summed E-state index contributed by atoms with van der Waals surface area (Å²) in [7, 11) is 3.40. The zero-order chi connectivity index (χ0) is 19.1. The van der Waals surface area contributed by atoms with Gasteiger partial charge in [0.2, 0.25) is 0 Å². The van der Waals surface area contributed by atoms with Crippen LogP contribution in [0.5, 0.6) is 11.5 Å². The maximum absolute atomic E-state index is 5.46. The van der Waals surface area contributed by atoms with Crippen LogP contribution in [-0.4, -0.2) is 18.8 Å². The molecular weight excluding hydrogens is 366 g/mol. The number of ether oxygens (including phenoxy) is 2. The highest BCUT2D eigenvalue weighted by molar-refractivity contribution is 7.13. The standard InChI is InChI=1S/C24H19NO2S/c1-26-18-9-11-22-20(14-18)21-15-19(27-2)10-12-23(21)25(22)17-7-5-16(6-8-17)24-4-3-13-28-24/h3-15H,1-2H3. The molecule has 0 atom stereocenters. The zero-order valence-corrected chi connectivity index (χ0v) is 16.5. The Bertz CT molecular complexity index is 1210. The summed E-state index contributed by atoms with van der Waals surface area (Å²) in [6.45, 7) is 0. The molecule has 0 N–H and O–H groups in total. The summed E-state index contributed by atoms with van der Waals surface area (Å²) in [5, 5.41) is 4.41. The second-order valence-electron chi connectivity index (χ2n) is 6.63. The Kier molecular flexibility index (Phi) is 4.06. The highest BCUT2D eigenvalue weighted by Gasteiger charge is 2.14. The van der Waals surface area contributed by atoms with Crippen LogP contribution in [0.15, 0.2) is 78.2 Å². The highest BCUT2D eigenvalue weighted by Crippen LogP contribution is 2.36. The molecule has 0 saturated heterocycles. The van der Waals surface area contributed by atoms with Gasteiger partial charge in [-0.3, -0.25) is 0 Å². The maximum atomic E-state index is 5.46. The topological polar surface area (TPSA) is 23.4 Å². The van der Waals surface area contributed by atoms with E-state index >= 15 is 0 Å². The van der Waals surface area contributed by atoms with E-state index in [0.29, 0.717) is 0 Å². The largest absolute Gasteiger partial charge is 0.497 e. The number of hydrogen-bond donors (Lipinski definition) is 0. The van der Waals surface area contributed by atoms with E-state index in [1.165, 1.54) is 10.4 Å². The fraction of sp³-hybridized carbons (Fsp3) is 0.0833. The first-order valence-corrected chi connectivity index (χ1v) is 9.97. The smallest absolute Gasteiger partial charge is 0.119 e. The van der Waals surface area contributed by atoms with Crippen molar-refractivity contribution < 1.29 is 9.47 Å². The Hall–Kier alpha value is -3.24. The molecule has 138 valence electrons. The van der Waals surface area contributed by atoms with Gasteiger partial charge in [-0.1, -0.05) is 18.2 Å². The Morgan fingerprint density at radius 1 is 0.714 bits per heavy atom. The number of aromatic nitrogens is 1. The van der Waals surface area contributed by atoms with Crippen molar-refractivity contribution in [3.8, 4) is 27.6 Å². The molecule has 0 aliphatic rings. The van der Waals surface area contributed by atoms with Crippen molar-refractivity contribution in [1.29, 1.82) is 0 Å². The quantitative estimate of drug-likeness (QED) is 0.351. The summed E-state index contributed by atoms with van der Waals surface area (Å²) in [6.07, 6.45) is 0. The molecule has 0 amide bonds. The average molecular weight is 385 g/mol. The van der Waals surface area contributed by atoms with E-state index in [1.807, 2.05) is 12.1 Å². The molecule has 0 spiro atoms. The van der Waals surface area contributed by atoms with E-state index in [0.717, 1.165) is 39.0 Å². The van der Waals surface area contributed by atoms with Crippen LogP contribution < -0.4 is 9.47 Å². The summed E-state index contributed by atoms with van der Waals surface area (Å²) in [5.41, 5.74) is 4.67. The van der Waals surface area contributed by atoms with Crippen LogP contribution >= 0.6 is 11.3 Å². The van der Waals surface area contributed by atoms with Crippen molar-refractivity contribution in [1.82, 2.24) is 4.57 Å². The lowest BCUT2D eigenvalue weighted by atomic mass is 10.1. The molecule has 0 fully saturated rings. The lowest BCUT2D eigenvalue weighted by Crippen LogP contribution is -1.94. The number of thiophene rings is 1. The van der Waals surface area contributed by atoms with Gasteiger partial charge in [-0.15, -0.1) is 11.3 Å². The first kappa shape index (κ1) is 16.9. The SMILES string of the molecule is COc1ccc2c(c1)c1cc(OC)ccc1n2-c1ccc(-c2cccs2)cc1.